The molecule has 0 radical (unpaired) electrons. The van der Waals surface area contributed by atoms with Crippen molar-refractivity contribution in [3.05, 3.63) is 0 Å². The van der Waals surface area contributed by atoms with Gasteiger partial charge in [0.2, 0.25) is 0 Å². The maximum absolute atomic E-state index is 11.3. The van der Waals surface area contributed by atoms with Crippen LogP contribution < -0.4 is 16.4 Å². The number of amides is 2. The summed E-state index contributed by atoms with van der Waals surface area (Å²) in [4.78, 5) is 11.3. The quantitative estimate of drug-likeness (QED) is 0.364. The number of nitrogens with two attached hydrogens (primary N) is 1. The zero-order valence-electron chi connectivity index (χ0n) is 12.9. The highest BCUT2D eigenvalue weighted by Crippen LogP contribution is 2.17. The zero-order chi connectivity index (χ0) is 15.3. The van der Waals surface area contributed by atoms with Crippen molar-refractivity contribution in [2.24, 2.45) is 5.73 Å². The summed E-state index contributed by atoms with van der Waals surface area (Å²) in [5.74, 6) is 0. The molecule has 0 aromatic heterocycles. The van der Waals surface area contributed by atoms with Gasteiger partial charge in [-0.2, -0.15) is 0 Å². The van der Waals surface area contributed by atoms with Crippen molar-refractivity contribution in [2.45, 2.75) is 33.2 Å². The third-order valence-electron chi connectivity index (χ3n) is 2.47. The first-order chi connectivity index (χ1) is 9.64. The molecule has 120 valence electrons. The molecule has 0 heterocycles. The van der Waals surface area contributed by atoms with E-state index in [1.165, 1.54) is 0 Å². The van der Waals surface area contributed by atoms with Crippen LogP contribution in [-0.2, 0) is 13.3 Å². The maximum Gasteiger partial charge on any atom is 0.500 e. The van der Waals surface area contributed by atoms with Crippen molar-refractivity contribution >= 4 is 14.8 Å². The molecule has 0 aliphatic heterocycles. The molecule has 4 N–H and O–H groups in total. The molecule has 0 rings (SSSR count). The van der Waals surface area contributed by atoms with Gasteiger partial charge in [0.25, 0.3) is 0 Å². The predicted octanol–water partition coefficient (Wildman–Crippen LogP) is 0.683. The van der Waals surface area contributed by atoms with Crippen LogP contribution in [0.4, 0.5) is 4.79 Å². The van der Waals surface area contributed by atoms with Crippen LogP contribution in [-0.4, -0.2) is 54.3 Å². The van der Waals surface area contributed by atoms with Gasteiger partial charge in [0.05, 0.1) is 0 Å². The summed E-state index contributed by atoms with van der Waals surface area (Å²) in [5, 5.41) is 5.41. The number of carbonyl (C=O) groups is 1. The van der Waals surface area contributed by atoms with Gasteiger partial charge < -0.3 is 29.6 Å². The van der Waals surface area contributed by atoms with Crippen molar-refractivity contribution in [3.8, 4) is 0 Å². The molecular weight excluding hydrogens is 278 g/mol. The van der Waals surface area contributed by atoms with E-state index >= 15 is 0 Å². The third kappa shape index (κ3) is 8.49. The molecule has 0 saturated carbocycles. The second kappa shape index (κ2) is 12.1. The summed E-state index contributed by atoms with van der Waals surface area (Å²) in [6, 6.07) is 0.492. The highest BCUT2D eigenvalue weighted by Gasteiger charge is 2.39. The largest absolute Gasteiger partial charge is 0.500 e. The van der Waals surface area contributed by atoms with Gasteiger partial charge in [0.15, 0.2) is 0 Å². The number of nitrogens with one attached hydrogen (secondary N) is 2. The van der Waals surface area contributed by atoms with E-state index in [-0.39, 0.29) is 6.03 Å². The average molecular weight is 307 g/mol. The fourth-order valence-corrected chi connectivity index (χ4v) is 4.37. The van der Waals surface area contributed by atoms with E-state index in [2.05, 4.69) is 10.6 Å². The second-order valence-corrected chi connectivity index (χ2v) is 6.79. The van der Waals surface area contributed by atoms with Crippen molar-refractivity contribution < 1.29 is 18.1 Å². The van der Waals surface area contributed by atoms with Crippen LogP contribution in [0, 0.1) is 0 Å². The van der Waals surface area contributed by atoms with E-state index in [1.54, 1.807) is 0 Å². The summed E-state index contributed by atoms with van der Waals surface area (Å²) in [7, 11) is -2.58. The van der Waals surface area contributed by atoms with E-state index in [9.17, 15) is 4.79 Å². The Labute approximate surface area is 122 Å². The van der Waals surface area contributed by atoms with E-state index < -0.39 is 8.80 Å². The van der Waals surface area contributed by atoms with Gasteiger partial charge in [0, 0.05) is 45.5 Å². The smallest absolute Gasteiger partial charge is 0.374 e. The Bertz CT molecular complexity index is 240. The van der Waals surface area contributed by atoms with E-state index in [1.807, 2.05) is 20.8 Å². The molecule has 2 amide bonds. The minimum Gasteiger partial charge on any atom is -0.374 e. The molecule has 0 aromatic carbocycles. The molecule has 7 nitrogen and oxygen atoms in total. The first kappa shape index (κ1) is 19.3. The zero-order valence-corrected chi connectivity index (χ0v) is 13.9. The average Bonchev–Trinajstić information content (AvgIpc) is 2.42. The molecule has 0 spiro atoms. The lowest BCUT2D eigenvalue weighted by atomic mass is 10.5. The molecule has 0 saturated heterocycles. The number of hydrogen-bond donors (Lipinski definition) is 3. The molecule has 0 atom stereocenters. The normalized spacial score (nSPS) is 11.4. The summed E-state index contributed by atoms with van der Waals surface area (Å²) >= 11 is 0. The van der Waals surface area contributed by atoms with Gasteiger partial charge in [-0.05, 0) is 27.2 Å². The minimum absolute atomic E-state index is 0.202. The van der Waals surface area contributed by atoms with Crippen molar-refractivity contribution in [1.82, 2.24) is 10.6 Å². The molecule has 0 aromatic rings. The Morgan fingerprint density at radius 1 is 1.00 bits per heavy atom. The molecular formula is C12H29N3O4Si. The summed E-state index contributed by atoms with van der Waals surface area (Å²) in [6.45, 7) is 8.95. The molecule has 0 aliphatic rings. The Balaban J connectivity index is 4.08. The van der Waals surface area contributed by atoms with Crippen LogP contribution in [0.25, 0.3) is 0 Å². The Morgan fingerprint density at radius 3 is 1.95 bits per heavy atom. The van der Waals surface area contributed by atoms with Crippen LogP contribution in [0.3, 0.4) is 0 Å². The molecule has 0 unspecified atom stereocenters. The number of hydrogen-bond acceptors (Lipinski definition) is 5. The molecule has 8 heteroatoms. The lowest BCUT2D eigenvalue weighted by Gasteiger charge is -2.28. The van der Waals surface area contributed by atoms with Gasteiger partial charge in [-0.25, -0.2) is 4.79 Å². The standard InChI is InChI=1S/C12H29N3O4Si/c1-4-17-20(18-5-2,19-6-3)11-7-9-14-12(16)15-10-8-13/h4-11,13H2,1-3H3,(H2,14,15,16). The van der Waals surface area contributed by atoms with Crippen LogP contribution in [0.2, 0.25) is 6.04 Å². The fraction of sp³-hybridized carbons (Fsp3) is 0.917. The van der Waals surface area contributed by atoms with Gasteiger partial charge >= 0.3 is 14.8 Å². The maximum atomic E-state index is 11.3. The van der Waals surface area contributed by atoms with Crippen LogP contribution >= 0.6 is 0 Å². The second-order valence-electron chi connectivity index (χ2n) is 4.06. The first-order valence-electron chi connectivity index (χ1n) is 7.27. The van der Waals surface area contributed by atoms with E-state index in [4.69, 9.17) is 19.0 Å². The van der Waals surface area contributed by atoms with Gasteiger partial charge in [0.1, 0.15) is 0 Å². The van der Waals surface area contributed by atoms with Gasteiger partial charge in [-0.1, -0.05) is 0 Å². The summed E-state index contributed by atoms with van der Waals surface area (Å²) in [5.41, 5.74) is 5.30. The minimum atomic E-state index is -2.58. The molecule has 0 fully saturated rings. The van der Waals surface area contributed by atoms with Crippen molar-refractivity contribution in [2.75, 3.05) is 39.5 Å². The summed E-state index contributed by atoms with van der Waals surface area (Å²) < 4.78 is 17.2. The lowest BCUT2D eigenvalue weighted by molar-refractivity contribution is 0.0708. The van der Waals surface area contributed by atoms with Crippen LogP contribution in [0.1, 0.15) is 27.2 Å². The molecule has 0 bridgehead atoms. The Kier molecular flexibility index (Phi) is 11.7. The number of urea groups is 1. The lowest BCUT2D eigenvalue weighted by Crippen LogP contribution is -2.46. The van der Waals surface area contributed by atoms with Gasteiger partial charge in [-0.3, -0.25) is 0 Å². The first-order valence-corrected chi connectivity index (χ1v) is 9.20. The topological polar surface area (TPSA) is 94.8 Å². The van der Waals surface area contributed by atoms with Crippen molar-refractivity contribution in [1.29, 1.82) is 0 Å². The van der Waals surface area contributed by atoms with Crippen molar-refractivity contribution in [3.63, 3.8) is 0 Å². The van der Waals surface area contributed by atoms with E-state index in [0.717, 1.165) is 6.42 Å². The third-order valence-corrected chi connectivity index (χ3v) is 5.62. The van der Waals surface area contributed by atoms with Crippen LogP contribution in [0.15, 0.2) is 0 Å². The SMILES string of the molecule is CCO[Si](CCCNC(=O)NCCN)(OCC)OCC. The molecule has 20 heavy (non-hydrogen) atoms. The van der Waals surface area contributed by atoms with Gasteiger partial charge in [-0.15, -0.1) is 0 Å². The van der Waals surface area contributed by atoms with Crippen LogP contribution in [0.5, 0.6) is 0 Å². The summed E-state index contributed by atoms with van der Waals surface area (Å²) in [6.07, 6.45) is 0.752. The Hall–Kier alpha value is -0.673. The van der Waals surface area contributed by atoms with E-state index in [0.29, 0.717) is 45.5 Å². The molecule has 0 aliphatic carbocycles. The number of carbonyl (C=O) groups excluding carboxylic acids is 1. The fourth-order valence-electron chi connectivity index (χ4n) is 1.76. The highest BCUT2D eigenvalue weighted by atomic mass is 28.4. The highest BCUT2D eigenvalue weighted by molar-refractivity contribution is 6.60. The Morgan fingerprint density at radius 2 is 1.50 bits per heavy atom. The number of rotatable bonds is 12. The monoisotopic (exact) mass is 307 g/mol. The predicted molar refractivity (Wildman–Crippen MR) is 80.5 cm³/mol.